The number of hydrogen-bond donors (Lipinski definition) is 1. The monoisotopic (exact) mass is 586 g/mol. The molecule has 1 amide bonds. The van der Waals surface area contributed by atoms with E-state index in [0.29, 0.717) is 44.9 Å². The van der Waals surface area contributed by atoms with Crippen molar-refractivity contribution in [2.45, 2.75) is 45.1 Å². The topological polar surface area (TPSA) is 48.0 Å². The van der Waals surface area contributed by atoms with Gasteiger partial charge < -0.3 is 9.64 Å². The SMILES string of the molecule is Cc1ccc(C[C@@H]2CN(CCCNN3CCOCC3)CCN2C(=O)c2cc(C(F)(F)F)cc(C(F)(F)F)c2)cc1C. The fourth-order valence-corrected chi connectivity index (χ4v) is 5.27. The smallest absolute Gasteiger partial charge is 0.379 e. The van der Waals surface area contributed by atoms with Crippen LogP contribution < -0.4 is 5.43 Å². The van der Waals surface area contributed by atoms with E-state index in [1.807, 2.05) is 32.0 Å². The second-order valence-electron chi connectivity index (χ2n) is 10.7. The first kappa shape index (κ1) is 31.3. The summed E-state index contributed by atoms with van der Waals surface area (Å²) in [6.45, 7) is 9.55. The Balaban J connectivity index is 1.52. The minimum atomic E-state index is -5.02. The van der Waals surface area contributed by atoms with Gasteiger partial charge >= 0.3 is 12.4 Å². The van der Waals surface area contributed by atoms with Gasteiger partial charge in [0.2, 0.25) is 0 Å². The molecule has 2 aromatic rings. The molecule has 0 spiro atoms. The number of rotatable bonds is 8. The highest BCUT2D eigenvalue weighted by atomic mass is 19.4. The molecule has 0 unspecified atom stereocenters. The molecular formula is C29H36F6N4O2. The lowest BCUT2D eigenvalue weighted by Gasteiger charge is -2.42. The minimum absolute atomic E-state index is 0.0478. The van der Waals surface area contributed by atoms with E-state index < -0.39 is 41.0 Å². The number of nitrogens with one attached hydrogen (secondary N) is 1. The summed E-state index contributed by atoms with van der Waals surface area (Å²) in [5.74, 6) is -0.830. The number of halogens is 6. The quantitative estimate of drug-likeness (QED) is 0.351. The normalized spacial score (nSPS) is 19.5. The molecule has 2 aromatic carbocycles. The standard InChI is InChI=1S/C29H36F6N4O2/c1-20-4-5-22(14-21(20)2)15-26-19-37(7-3-6-36-38-10-12-41-13-11-38)8-9-39(26)27(40)23-16-24(28(30,31)32)18-25(17-23)29(33,34)35/h4-5,14,16-18,26,36H,3,6-13,15,19H2,1-2H3/t26-/m1/s1. The fourth-order valence-electron chi connectivity index (χ4n) is 5.27. The predicted molar refractivity (Wildman–Crippen MR) is 142 cm³/mol. The highest BCUT2D eigenvalue weighted by molar-refractivity contribution is 5.95. The van der Waals surface area contributed by atoms with Gasteiger partial charge in [-0.05, 0) is 68.1 Å². The van der Waals surface area contributed by atoms with Gasteiger partial charge in [0.15, 0.2) is 0 Å². The van der Waals surface area contributed by atoms with Crippen LogP contribution >= 0.6 is 0 Å². The Bertz CT molecular complexity index is 1160. The first-order valence-electron chi connectivity index (χ1n) is 13.8. The van der Waals surface area contributed by atoms with Gasteiger partial charge in [-0.1, -0.05) is 18.2 Å². The van der Waals surface area contributed by atoms with Crippen LogP contribution in [0.4, 0.5) is 26.3 Å². The molecule has 6 nitrogen and oxygen atoms in total. The number of ether oxygens (including phenoxy) is 1. The van der Waals surface area contributed by atoms with E-state index in [4.69, 9.17) is 4.74 Å². The van der Waals surface area contributed by atoms with Crippen molar-refractivity contribution in [3.05, 3.63) is 69.8 Å². The Morgan fingerprint density at radius 1 is 0.902 bits per heavy atom. The van der Waals surface area contributed by atoms with Crippen molar-refractivity contribution in [2.75, 3.05) is 59.0 Å². The molecule has 41 heavy (non-hydrogen) atoms. The Labute approximate surface area is 236 Å². The van der Waals surface area contributed by atoms with E-state index in [1.165, 1.54) is 4.90 Å². The first-order valence-corrected chi connectivity index (χ1v) is 13.8. The summed E-state index contributed by atoms with van der Waals surface area (Å²) < 4.78 is 86.2. The molecule has 226 valence electrons. The molecule has 2 aliphatic heterocycles. The number of benzene rings is 2. The van der Waals surface area contributed by atoms with Gasteiger partial charge in [-0.15, -0.1) is 0 Å². The molecule has 12 heteroatoms. The van der Waals surface area contributed by atoms with E-state index in [0.717, 1.165) is 49.3 Å². The summed E-state index contributed by atoms with van der Waals surface area (Å²) in [6.07, 6.45) is -8.78. The lowest BCUT2D eigenvalue weighted by molar-refractivity contribution is -0.143. The number of piperazine rings is 1. The molecule has 0 aromatic heterocycles. The van der Waals surface area contributed by atoms with Crippen molar-refractivity contribution in [1.29, 1.82) is 0 Å². The Morgan fingerprint density at radius 3 is 2.17 bits per heavy atom. The van der Waals surface area contributed by atoms with Gasteiger partial charge in [-0.2, -0.15) is 26.3 Å². The van der Waals surface area contributed by atoms with Gasteiger partial charge in [0.1, 0.15) is 0 Å². The number of morpholine rings is 1. The second-order valence-corrected chi connectivity index (χ2v) is 10.7. The van der Waals surface area contributed by atoms with Crippen LogP contribution in [0.2, 0.25) is 0 Å². The number of nitrogens with zero attached hydrogens (tertiary/aromatic N) is 3. The van der Waals surface area contributed by atoms with Crippen LogP contribution in [-0.2, 0) is 23.5 Å². The zero-order valence-electron chi connectivity index (χ0n) is 23.2. The summed E-state index contributed by atoms with van der Waals surface area (Å²) in [4.78, 5) is 17.2. The molecule has 0 saturated carbocycles. The fraction of sp³-hybridized carbons (Fsp3) is 0.552. The Morgan fingerprint density at radius 2 is 1.56 bits per heavy atom. The van der Waals surface area contributed by atoms with Gasteiger partial charge in [0.25, 0.3) is 5.91 Å². The van der Waals surface area contributed by atoms with Crippen molar-refractivity contribution in [3.8, 4) is 0 Å². The molecule has 1 atom stereocenters. The van der Waals surface area contributed by atoms with E-state index >= 15 is 0 Å². The van der Waals surface area contributed by atoms with E-state index in [-0.39, 0.29) is 12.6 Å². The average molecular weight is 587 g/mol. The van der Waals surface area contributed by atoms with Gasteiger partial charge in [0, 0.05) is 50.9 Å². The van der Waals surface area contributed by atoms with Crippen molar-refractivity contribution in [3.63, 3.8) is 0 Å². The minimum Gasteiger partial charge on any atom is -0.379 e. The Hall–Kier alpha value is -2.67. The predicted octanol–water partition coefficient (Wildman–Crippen LogP) is 4.94. The van der Waals surface area contributed by atoms with Crippen LogP contribution in [0.1, 0.15) is 44.6 Å². The van der Waals surface area contributed by atoms with Gasteiger partial charge in [0.05, 0.1) is 24.3 Å². The number of amides is 1. The highest BCUT2D eigenvalue weighted by Gasteiger charge is 2.39. The van der Waals surface area contributed by atoms with Crippen LogP contribution in [-0.4, -0.2) is 85.8 Å². The number of hydrazine groups is 1. The van der Waals surface area contributed by atoms with Crippen LogP contribution in [0.25, 0.3) is 0 Å². The molecule has 2 heterocycles. The average Bonchev–Trinajstić information content (AvgIpc) is 2.92. The number of carbonyl (C=O) groups is 1. The molecule has 0 bridgehead atoms. The summed E-state index contributed by atoms with van der Waals surface area (Å²) in [7, 11) is 0. The molecule has 2 saturated heterocycles. The first-order chi connectivity index (χ1) is 19.3. The molecular weight excluding hydrogens is 550 g/mol. The second kappa shape index (κ2) is 13.1. The number of carbonyl (C=O) groups excluding carboxylic acids is 1. The van der Waals surface area contributed by atoms with E-state index in [2.05, 4.69) is 15.3 Å². The van der Waals surface area contributed by atoms with Crippen LogP contribution in [0, 0.1) is 13.8 Å². The molecule has 0 radical (unpaired) electrons. The van der Waals surface area contributed by atoms with Crippen molar-refractivity contribution in [2.24, 2.45) is 0 Å². The number of aryl methyl sites for hydroxylation is 2. The molecule has 2 aliphatic rings. The molecule has 1 N–H and O–H groups in total. The summed E-state index contributed by atoms with van der Waals surface area (Å²) in [6, 6.07) is 6.60. The lowest BCUT2D eigenvalue weighted by atomic mass is 9.97. The zero-order valence-corrected chi connectivity index (χ0v) is 23.2. The largest absolute Gasteiger partial charge is 0.416 e. The van der Waals surface area contributed by atoms with Gasteiger partial charge in [-0.25, -0.2) is 5.01 Å². The van der Waals surface area contributed by atoms with E-state index in [1.54, 1.807) is 0 Å². The van der Waals surface area contributed by atoms with E-state index in [9.17, 15) is 31.1 Å². The maximum atomic E-state index is 13.6. The maximum absolute atomic E-state index is 13.6. The van der Waals surface area contributed by atoms with Crippen molar-refractivity contribution in [1.82, 2.24) is 20.2 Å². The maximum Gasteiger partial charge on any atom is 0.416 e. The third-order valence-electron chi connectivity index (χ3n) is 7.70. The molecule has 0 aliphatic carbocycles. The van der Waals surface area contributed by atoms with Crippen LogP contribution in [0.5, 0.6) is 0 Å². The van der Waals surface area contributed by atoms with Gasteiger partial charge in [-0.3, -0.25) is 15.1 Å². The Kier molecular flexibility index (Phi) is 9.99. The summed E-state index contributed by atoms with van der Waals surface area (Å²) >= 11 is 0. The summed E-state index contributed by atoms with van der Waals surface area (Å²) in [5.41, 5.74) is 2.90. The lowest BCUT2D eigenvalue weighted by Crippen LogP contribution is -2.56. The van der Waals surface area contributed by atoms with Crippen molar-refractivity contribution < 1.29 is 35.9 Å². The number of hydrogen-bond acceptors (Lipinski definition) is 5. The van der Waals surface area contributed by atoms with Crippen molar-refractivity contribution >= 4 is 5.91 Å². The molecule has 2 fully saturated rings. The zero-order chi connectivity index (χ0) is 29.8. The summed E-state index contributed by atoms with van der Waals surface area (Å²) in [5, 5.41) is 2.12. The number of alkyl halides is 6. The highest BCUT2D eigenvalue weighted by Crippen LogP contribution is 2.37. The third-order valence-corrected chi connectivity index (χ3v) is 7.70. The van der Waals surface area contributed by atoms with Crippen LogP contribution in [0.3, 0.4) is 0 Å². The molecule has 4 rings (SSSR count). The third kappa shape index (κ3) is 8.43. The van der Waals surface area contributed by atoms with Crippen LogP contribution in [0.15, 0.2) is 36.4 Å².